The van der Waals surface area contributed by atoms with Crippen LogP contribution in [-0.2, 0) is 11.3 Å². The molecule has 5 rings (SSSR count). The molecule has 0 aliphatic carbocycles. The van der Waals surface area contributed by atoms with Gasteiger partial charge in [-0.1, -0.05) is 17.7 Å². The minimum Gasteiger partial charge on any atom is -0.368 e. The Morgan fingerprint density at radius 1 is 0.939 bits per heavy atom. The molecule has 3 aliphatic heterocycles. The van der Waals surface area contributed by atoms with Crippen LogP contribution in [0.2, 0.25) is 5.02 Å². The molecule has 33 heavy (non-hydrogen) atoms. The van der Waals surface area contributed by atoms with Crippen LogP contribution in [0, 0.1) is 0 Å². The van der Waals surface area contributed by atoms with Gasteiger partial charge < -0.3 is 4.90 Å². The molecule has 0 radical (unpaired) electrons. The minimum absolute atomic E-state index is 0.0191. The molecule has 11 heteroatoms. The van der Waals surface area contributed by atoms with Gasteiger partial charge in [0.1, 0.15) is 0 Å². The van der Waals surface area contributed by atoms with Gasteiger partial charge in [-0.05, 0) is 23.8 Å². The number of urea groups is 1. The maximum atomic E-state index is 13.0. The Kier molecular flexibility index (Phi) is 5.47. The summed E-state index contributed by atoms with van der Waals surface area (Å²) < 4.78 is 0. The number of piperazine rings is 1. The molecule has 5 amide bonds. The van der Waals surface area contributed by atoms with Gasteiger partial charge >= 0.3 is 6.03 Å². The molecule has 1 aromatic carbocycles. The number of amides is 5. The molecule has 2 saturated heterocycles. The molecule has 4 heterocycles. The van der Waals surface area contributed by atoms with Crippen LogP contribution in [0.3, 0.4) is 0 Å². The van der Waals surface area contributed by atoms with E-state index in [-0.39, 0.29) is 24.1 Å². The van der Waals surface area contributed by atoms with Crippen LogP contribution in [0.25, 0.3) is 0 Å². The van der Waals surface area contributed by atoms with Gasteiger partial charge in [0.15, 0.2) is 0 Å². The summed E-state index contributed by atoms with van der Waals surface area (Å²) in [4.78, 5) is 57.8. The van der Waals surface area contributed by atoms with E-state index < -0.39 is 23.8 Å². The van der Waals surface area contributed by atoms with E-state index in [0.717, 1.165) is 47.4 Å². The second kappa shape index (κ2) is 8.45. The Labute approximate surface area is 194 Å². The first-order chi connectivity index (χ1) is 15.9. The highest BCUT2D eigenvalue weighted by Crippen LogP contribution is 2.28. The molecular weight excluding hydrogens is 448 g/mol. The van der Waals surface area contributed by atoms with Gasteiger partial charge in [0.2, 0.25) is 5.91 Å². The zero-order chi connectivity index (χ0) is 23.1. The van der Waals surface area contributed by atoms with Gasteiger partial charge in [-0.25, -0.2) is 9.80 Å². The van der Waals surface area contributed by atoms with Crippen LogP contribution < -0.4 is 10.2 Å². The molecule has 170 valence electrons. The van der Waals surface area contributed by atoms with Crippen LogP contribution in [0.15, 0.2) is 36.7 Å². The predicted molar refractivity (Wildman–Crippen MR) is 119 cm³/mol. The molecule has 0 spiro atoms. The molecule has 2 fully saturated rings. The highest BCUT2D eigenvalue weighted by atomic mass is 35.5. The number of halogens is 1. The van der Waals surface area contributed by atoms with Crippen molar-refractivity contribution in [1.29, 1.82) is 0 Å². The van der Waals surface area contributed by atoms with Crippen LogP contribution in [0.1, 0.15) is 32.7 Å². The van der Waals surface area contributed by atoms with Crippen molar-refractivity contribution >= 4 is 41.0 Å². The van der Waals surface area contributed by atoms with E-state index in [0.29, 0.717) is 11.6 Å². The van der Waals surface area contributed by atoms with Crippen molar-refractivity contribution in [2.75, 3.05) is 37.6 Å². The Morgan fingerprint density at radius 3 is 2.42 bits per heavy atom. The highest BCUT2D eigenvalue weighted by molar-refractivity contribution is 6.33. The highest BCUT2D eigenvalue weighted by Gasteiger charge is 2.43. The summed E-state index contributed by atoms with van der Waals surface area (Å²) in [7, 11) is 0. The van der Waals surface area contributed by atoms with Gasteiger partial charge in [-0.3, -0.25) is 29.6 Å². The molecule has 0 bridgehead atoms. The number of hydrazine groups is 1. The van der Waals surface area contributed by atoms with E-state index in [4.69, 9.17) is 11.6 Å². The monoisotopic (exact) mass is 468 g/mol. The van der Waals surface area contributed by atoms with Crippen molar-refractivity contribution in [1.82, 2.24) is 25.2 Å². The van der Waals surface area contributed by atoms with Gasteiger partial charge in [-0.15, -0.1) is 0 Å². The summed E-state index contributed by atoms with van der Waals surface area (Å²) in [6, 6.07) is 6.32. The SMILES string of the molecule is O=C1CCN(N2C(=O)c3ccc(CN4CCN(c5ccncc5Cl)CC4)cc3C2=O)C(=O)N1. The Balaban J connectivity index is 1.26. The normalized spacial score (nSPS) is 19.2. The van der Waals surface area contributed by atoms with Crippen molar-refractivity contribution in [3.05, 3.63) is 58.4 Å². The fourth-order valence-electron chi connectivity index (χ4n) is 4.37. The third-order valence-corrected chi connectivity index (χ3v) is 6.36. The van der Waals surface area contributed by atoms with E-state index in [9.17, 15) is 19.2 Å². The third kappa shape index (κ3) is 3.91. The number of carbonyl (C=O) groups is 4. The Bertz CT molecular complexity index is 1160. The first-order valence-corrected chi connectivity index (χ1v) is 11.0. The number of anilines is 1. The first kappa shape index (κ1) is 21.4. The molecule has 10 nitrogen and oxygen atoms in total. The molecule has 1 N–H and O–H groups in total. The number of nitrogens with one attached hydrogen (secondary N) is 1. The lowest BCUT2D eigenvalue weighted by molar-refractivity contribution is -0.122. The van der Waals surface area contributed by atoms with Gasteiger partial charge in [0.05, 0.1) is 28.4 Å². The number of carbonyl (C=O) groups excluding carboxylic acids is 4. The molecular formula is C22H21ClN6O4. The standard InChI is InChI=1S/C22H21ClN6O4/c23-17-12-24-5-3-18(17)27-9-7-26(8-10-27)13-14-1-2-15-16(11-14)21(32)29(20(15)31)28-6-4-19(30)25-22(28)33/h1-3,5,11-12H,4,6-10,13H2,(H,25,30,33). The largest absolute Gasteiger partial charge is 0.368 e. The average Bonchev–Trinajstić information content (AvgIpc) is 3.05. The average molecular weight is 469 g/mol. The van der Waals surface area contributed by atoms with Crippen molar-refractivity contribution in [2.24, 2.45) is 0 Å². The van der Waals surface area contributed by atoms with Crippen LogP contribution in [0.4, 0.5) is 10.5 Å². The molecule has 3 aliphatic rings. The summed E-state index contributed by atoms with van der Waals surface area (Å²) in [5, 5.41) is 4.59. The third-order valence-electron chi connectivity index (χ3n) is 6.07. The fraction of sp³-hybridized carbons (Fsp3) is 0.318. The molecule has 0 atom stereocenters. The van der Waals surface area contributed by atoms with Gasteiger partial charge in [0.25, 0.3) is 11.8 Å². The lowest BCUT2D eigenvalue weighted by Gasteiger charge is -2.36. The second-order valence-corrected chi connectivity index (χ2v) is 8.53. The number of aromatic nitrogens is 1. The number of pyridine rings is 1. The van der Waals surface area contributed by atoms with E-state index in [1.165, 1.54) is 0 Å². The van der Waals surface area contributed by atoms with Crippen molar-refractivity contribution in [3.63, 3.8) is 0 Å². The Hall–Kier alpha value is -3.50. The molecule has 1 aromatic heterocycles. The van der Waals surface area contributed by atoms with Crippen LogP contribution in [-0.4, -0.2) is 76.4 Å². The number of hydrogen-bond donors (Lipinski definition) is 1. The van der Waals surface area contributed by atoms with Crippen LogP contribution in [0.5, 0.6) is 0 Å². The summed E-state index contributed by atoms with van der Waals surface area (Å²) in [6.45, 7) is 3.86. The lowest BCUT2D eigenvalue weighted by atomic mass is 10.1. The fourth-order valence-corrected chi connectivity index (χ4v) is 4.61. The second-order valence-electron chi connectivity index (χ2n) is 8.12. The van der Waals surface area contributed by atoms with E-state index >= 15 is 0 Å². The molecule has 2 aromatic rings. The van der Waals surface area contributed by atoms with Gasteiger partial charge in [-0.2, -0.15) is 5.01 Å². The minimum atomic E-state index is -0.770. The summed E-state index contributed by atoms with van der Waals surface area (Å²) >= 11 is 6.26. The molecule has 0 saturated carbocycles. The predicted octanol–water partition coefficient (Wildman–Crippen LogP) is 1.51. The maximum absolute atomic E-state index is 13.0. The summed E-state index contributed by atoms with van der Waals surface area (Å²) in [6.07, 6.45) is 3.40. The number of hydrogen-bond acceptors (Lipinski definition) is 7. The maximum Gasteiger partial charge on any atom is 0.343 e. The van der Waals surface area contributed by atoms with Crippen molar-refractivity contribution in [2.45, 2.75) is 13.0 Å². The lowest BCUT2D eigenvalue weighted by Crippen LogP contribution is -2.58. The first-order valence-electron chi connectivity index (χ1n) is 10.6. The number of rotatable bonds is 4. The summed E-state index contributed by atoms with van der Waals surface area (Å²) in [5.41, 5.74) is 2.40. The smallest absolute Gasteiger partial charge is 0.343 e. The van der Waals surface area contributed by atoms with Crippen molar-refractivity contribution < 1.29 is 19.2 Å². The number of nitrogens with zero attached hydrogens (tertiary/aromatic N) is 5. The number of imide groups is 2. The van der Waals surface area contributed by atoms with Gasteiger partial charge in [0, 0.05) is 51.5 Å². The topological polar surface area (TPSA) is 106 Å². The molecule has 0 unspecified atom stereocenters. The van der Waals surface area contributed by atoms with Crippen molar-refractivity contribution in [3.8, 4) is 0 Å². The zero-order valence-corrected chi connectivity index (χ0v) is 18.4. The summed E-state index contributed by atoms with van der Waals surface area (Å²) in [5.74, 6) is -1.55. The number of fused-ring (bicyclic) bond motifs is 1. The van der Waals surface area contributed by atoms with E-state index in [1.807, 2.05) is 12.1 Å². The number of benzene rings is 1. The van der Waals surface area contributed by atoms with E-state index in [1.54, 1.807) is 24.5 Å². The van der Waals surface area contributed by atoms with Crippen LogP contribution >= 0.6 is 11.6 Å². The quantitative estimate of drug-likeness (QED) is 0.678. The Morgan fingerprint density at radius 2 is 1.70 bits per heavy atom. The zero-order valence-electron chi connectivity index (χ0n) is 17.7. The van der Waals surface area contributed by atoms with E-state index in [2.05, 4.69) is 20.1 Å².